The molecule has 2 atom stereocenters. The minimum atomic E-state index is -0.229. The van der Waals surface area contributed by atoms with E-state index in [2.05, 4.69) is 27.4 Å². The Kier molecular flexibility index (Phi) is 4.15. The molecule has 5 rings (SSSR count). The van der Waals surface area contributed by atoms with Crippen LogP contribution in [-0.4, -0.2) is 32.7 Å². The van der Waals surface area contributed by atoms with Crippen LogP contribution in [0.4, 0.5) is 11.4 Å². The van der Waals surface area contributed by atoms with Crippen molar-refractivity contribution in [1.29, 1.82) is 0 Å². The molecule has 7 nitrogen and oxygen atoms in total. The van der Waals surface area contributed by atoms with Crippen LogP contribution < -0.4 is 15.9 Å². The van der Waals surface area contributed by atoms with Crippen LogP contribution in [0.2, 0.25) is 0 Å². The summed E-state index contributed by atoms with van der Waals surface area (Å²) in [4.78, 5) is 27.0. The number of carbonyl (C=O) groups is 1. The van der Waals surface area contributed by atoms with E-state index in [1.807, 2.05) is 18.2 Å². The van der Waals surface area contributed by atoms with Crippen LogP contribution in [0.15, 0.2) is 53.5 Å². The number of rotatable bonds is 5. The van der Waals surface area contributed by atoms with Crippen molar-refractivity contribution in [2.24, 2.45) is 5.92 Å². The lowest BCUT2D eigenvalue weighted by Crippen LogP contribution is -2.31. The van der Waals surface area contributed by atoms with Gasteiger partial charge in [-0.3, -0.25) is 9.20 Å². The van der Waals surface area contributed by atoms with Gasteiger partial charge in [0.1, 0.15) is 0 Å². The Morgan fingerprint density at radius 2 is 2.00 bits per heavy atom. The lowest BCUT2D eigenvalue weighted by Gasteiger charge is -2.29. The molecule has 3 aromatic rings. The van der Waals surface area contributed by atoms with Crippen LogP contribution in [0, 0.1) is 5.92 Å². The first-order valence-electron chi connectivity index (χ1n) is 9.88. The number of nitrogens with one attached hydrogen (secondary N) is 1. The summed E-state index contributed by atoms with van der Waals surface area (Å²) in [5.74, 6) is 0.726. The van der Waals surface area contributed by atoms with Gasteiger partial charge >= 0.3 is 5.69 Å². The summed E-state index contributed by atoms with van der Waals surface area (Å²) < 4.78 is 2.81. The molecule has 2 bridgehead atoms. The average molecular weight is 377 g/mol. The molecule has 0 spiro atoms. The minimum absolute atomic E-state index is 0.128. The van der Waals surface area contributed by atoms with E-state index < -0.39 is 0 Å². The highest BCUT2D eigenvalue weighted by molar-refractivity contribution is 5.90. The largest absolute Gasteiger partial charge is 0.368 e. The summed E-state index contributed by atoms with van der Waals surface area (Å²) in [6.45, 7) is 1.41. The van der Waals surface area contributed by atoms with Gasteiger partial charge in [-0.1, -0.05) is 6.07 Å². The maximum atomic E-state index is 12.3. The van der Waals surface area contributed by atoms with E-state index in [9.17, 15) is 9.59 Å². The van der Waals surface area contributed by atoms with Crippen molar-refractivity contribution in [3.05, 3.63) is 59.1 Å². The van der Waals surface area contributed by atoms with Crippen molar-refractivity contribution in [3.8, 4) is 0 Å². The van der Waals surface area contributed by atoms with Crippen LogP contribution in [0.25, 0.3) is 5.65 Å². The number of hydrogen-bond acceptors (Lipinski definition) is 4. The predicted octanol–water partition coefficient (Wildman–Crippen LogP) is 2.51. The van der Waals surface area contributed by atoms with E-state index in [0.29, 0.717) is 11.7 Å². The van der Waals surface area contributed by atoms with Gasteiger partial charge in [0.05, 0.1) is 6.54 Å². The van der Waals surface area contributed by atoms with Crippen molar-refractivity contribution < 1.29 is 4.79 Å². The van der Waals surface area contributed by atoms with Gasteiger partial charge in [0.2, 0.25) is 5.91 Å². The quantitative estimate of drug-likeness (QED) is 0.742. The topological polar surface area (TPSA) is 71.6 Å². The van der Waals surface area contributed by atoms with E-state index in [4.69, 9.17) is 0 Å². The minimum Gasteiger partial charge on any atom is -0.368 e. The van der Waals surface area contributed by atoms with Crippen molar-refractivity contribution in [2.75, 3.05) is 16.8 Å². The zero-order valence-electron chi connectivity index (χ0n) is 15.6. The average Bonchev–Trinajstić information content (AvgIpc) is 3.42. The van der Waals surface area contributed by atoms with Gasteiger partial charge in [0, 0.05) is 36.6 Å². The number of nitrogens with zero attached hydrogens (tertiary/aromatic N) is 4. The highest BCUT2D eigenvalue weighted by Crippen LogP contribution is 2.40. The molecule has 1 saturated heterocycles. The third kappa shape index (κ3) is 3.06. The second-order valence-corrected chi connectivity index (χ2v) is 7.76. The van der Waals surface area contributed by atoms with E-state index in [-0.39, 0.29) is 24.6 Å². The number of fused-ring (bicyclic) bond motifs is 3. The van der Waals surface area contributed by atoms with Crippen LogP contribution in [0.5, 0.6) is 0 Å². The fraction of sp³-hybridized carbons (Fsp3) is 0.381. The fourth-order valence-electron chi connectivity index (χ4n) is 4.52. The number of aryl methyl sites for hydroxylation is 1. The first kappa shape index (κ1) is 17.0. The molecular formula is C21H23N5O2. The number of aromatic nitrogens is 3. The van der Waals surface area contributed by atoms with E-state index in [1.165, 1.54) is 34.0 Å². The van der Waals surface area contributed by atoms with Gasteiger partial charge in [-0.15, -0.1) is 5.10 Å². The fourth-order valence-corrected chi connectivity index (χ4v) is 4.52. The second kappa shape index (κ2) is 6.82. The molecule has 0 radical (unpaired) electrons. The molecule has 1 saturated carbocycles. The zero-order chi connectivity index (χ0) is 19.1. The highest BCUT2D eigenvalue weighted by Gasteiger charge is 2.37. The van der Waals surface area contributed by atoms with Gasteiger partial charge < -0.3 is 10.2 Å². The monoisotopic (exact) mass is 377 g/mol. The smallest absolute Gasteiger partial charge is 0.350 e. The number of carbonyl (C=O) groups excluding carboxylic acids is 1. The van der Waals surface area contributed by atoms with E-state index >= 15 is 0 Å². The summed E-state index contributed by atoms with van der Waals surface area (Å²) >= 11 is 0. The highest BCUT2D eigenvalue weighted by atomic mass is 16.2. The van der Waals surface area contributed by atoms with E-state index in [0.717, 1.165) is 18.2 Å². The number of anilines is 2. The summed E-state index contributed by atoms with van der Waals surface area (Å²) in [5.41, 5.74) is 2.37. The molecule has 1 aromatic carbocycles. The summed E-state index contributed by atoms with van der Waals surface area (Å²) in [7, 11) is 0. The standard InChI is InChI=1S/C21H23N5O2/c27-20(10-12-26-21(28)24-11-2-1-3-19(24)23-26)22-16-5-8-17(9-6-16)25-14-15-4-7-18(25)13-15/h1-3,5-6,8-9,11,15,18H,4,7,10,12-14H2,(H,22,27). The third-order valence-electron chi connectivity index (χ3n) is 5.93. The van der Waals surface area contributed by atoms with Crippen LogP contribution >= 0.6 is 0 Å². The van der Waals surface area contributed by atoms with Gasteiger partial charge in [-0.25, -0.2) is 9.48 Å². The van der Waals surface area contributed by atoms with Crippen molar-refractivity contribution >= 4 is 22.9 Å². The number of pyridine rings is 1. The number of amides is 1. The van der Waals surface area contributed by atoms with E-state index in [1.54, 1.807) is 18.3 Å². The Morgan fingerprint density at radius 1 is 1.14 bits per heavy atom. The van der Waals surface area contributed by atoms with Crippen molar-refractivity contribution in [2.45, 2.75) is 38.3 Å². The third-order valence-corrected chi connectivity index (χ3v) is 5.93. The predicted molar refractivity (Wildman–Crippen MR) is 108 cm³/mol. The SMILES string of the molecule is O=C(CCn1nc2ccccn2c1=O)Nc1ccc(N2CC3CCC2C3)cc1. The Balaban J connectivity index is 1.20. The Labute approximate surface area is 162 Å². The normalized spacial score (nSPS) is 20.8. The molecule has 2 unspecified atom stereocenters. The van der Waals surface area contributed by atoms with Gasteiger partial charge in [-0.2, -0.15) is 0 Å². The molecule has 7 heteroatoms. The Hall–Kier alpha value is -3.09. The van der Waals surface area contributed by atoms with Gasteiger partial charge in [-0.05, 0) is 61.6 Å². The lowest BCUT2D eigenvalue weighted by molar-refractivity contribution is -0.116. The molecule has 144 valence electrons. The molecule has 1 amide bonds. The van der Waals surface area contributed by atoms with Gasteiger partial charge in [0.15, 0.2) is 5.65 Å². The number of piperidine rings is 1. The number of hydrogen-bond donors (Lipinski definition) is 1. The summed E-state index contributed by atoms with van der Waals surface area (Å²) in [6.07, 6.45) is 5.85. The van der Waals surface area contributed by atoms with Crippen LogP contribution in [0.1, 0.15) is 25.7 Å². The molecule has 28 heavy (non-hydrogen) atoms. The zero-order valence-corrected chi connectivity index (χ0v) is 15.6. The first-order chi connectivity index (χ1) is 13.7. The molecule has 2 aliphatic rings. The maximum Gasteiger partial charge on any atom is 0.350 e. The summed E-state index contributed by atoms with van der Waals surface area (Å²) in [5, 5.41) is 7.16. The molecule has 1 N–H and O–H groups in total. The molecule has 2 fully saturated rings. The molecule has 1 aliphatic heterocycles. The summed E-state index contributed by atoms with van der Waals surface area (Å²) in [6, 6.07) is 14.2. The second-order valence-electron chi connectivity index (χ2n) is 7.76. The maximum absolute atomic E-state index is 12.3. The van der Waals surface area contributed by atoms with Crippen molar-refractivity contribution in [3.63, 3.8) is 0 Å². The van der Waals surface area contributed by atoms with Crippen molar-refractivity contribution in [1.82, 2.24) is 14.2 Å². The molecule has 3 heterocycles. The molecule has 2 aromatic heterocycles. The molecule has 1 aliphatic carbocycles. The lowest BCUT2D eigenvalue weighted by atomic mass is 10.1. The van der Waals surface area contributed by atoms with Crippen LogP contribution in [-0.2, 0) is 11.3 Å². The van der Waals surface area contributed by atoms with Gasteiger partial charge in [0.25, 0.3) is 0 Å². The van der Waals surface area contributed by atoms with Crippen LogP contribution in [0.3, 0.4) is 0 Å². The number of benzene rings is 1. The first-order valence-corrected chi connectivity index (χ1v) is 9.88. The Bertz CT molecular complexity index is 1070. The molecular weight excluding hydrogens is 354 g/mol. The Morgan fingerprint density at radius 3 is 2.71 bits per heavy atom.